The largest absolute Gasteiger partial charge is 0.466 e. The lowest BCUT2D eigenvalue weighted by Crippen LogP contribution is -2.32. The molecule has 3 nitrogen and oxygen atoms in total. The highest BCUT2D eigenvalue weighted by atomic mass is 16.5. The summed E-state index contributed by atoms with van der Waals surface area (Å²) in [6.07, 6.45) is 7.60. The summed E-state index contributed by atoms with van der Waals surface area (Å²) in [5.74, 6) is 0.410. The van der Waals surface area contributed by atoms with Crippen LogP contribution < -0.4 is 0 Å². The minimum Gasteiger partial charge on any atom is -0.466 e. The van der Waals surface area contributed by atoms with Crippen molar-refractivity contribution in [2.75, 3.05) is 6.61 Å². The monoisotopic (exact) mass is 254 g/mol. The zero-order valence-corrected chi connectivity index (χ0v) is 11.7. The maximum absolute atomic E-state index is 11.9. The first-order valence-electron chi connectivity index (χ1n) is 7.37. The topological polar surface area (TPSA) is 43.4 Å². The van der Waals surface area contributed by atoms with Crippen molar-refractivity contribution < 1.29 is 14.3 Å². The molecule has 0 bridgehead atoms. The predicted molar refractivity (Wildman–Crippen MR) is 71.2 cm³/mol. The number of hydrogen-bond donors (Lipinski definition) is 0. The van der Waals surface area contributed by atoms with Crippen LogP contribution in [0.5, 0.6) is 0 Å². The van der Waals surface area contributed by atoms with E-state index in [1.54, 1.807) is 0 Å². The third-order valence-electron chi connectivity index (χ3n) is 3.81. The third-order valence-corrected chi connectivity index (χ3v) is 3.81. The molecular weight excluding hydrogens is 228 g/mol. The fourth-order valence-corrected chi connectivity index (χ4v) is 2.79. The lowest BCUT2D eigenvalue weighted by molar-refractivity contribution is -0.152. The van der Waals surface area contributed by atoms with Gasteiger partial charge in [0.25, 0.3) is 0 Å². The van der Waals surface area contributed by atoms with Gasteiger partial charge in [0, 0.05) is 12.8 Å². The molecule has 0 radical (unpaired) electrons. The summed E-state index contributed by atoms with van der Waals surface area (Å²) in [6.45, 7) is 4.46. The number of unbranched alkanes of at least 4 members (excludes halogenated alkanes) is 3. The third kappa shape index (κ3) is 4.79. The van der Waals surface area contributed by atoms with Gasteiger partial charge in [0.1, 0.15) is 5.78 Å². The SMILES string of the molecule is CCCCCCC1CC(=O)CCC1C(=O)OCC. The van der Waals surface area contributed by atoms with Crippen molar-refractivity contribution in [2.24, 2.45) is 11.8 Å². The fourth-order valence-electron chi connectivity index (χ4n) is 2.79. The minimum absolute atomic E-state index is 0.0377. The molecule has 1 aliphatic carbocycles. The number of carbonyl (C=O) groups excluding carboxylic acids is 2. The second-order valence-corrected chi connectivity index (χ2v) is 5.25. The Bertz CT molecular complexity index is 273. The first-order valence-corrected chi connectivity index (χ1v) is 7.37. The number of ether oxygens (including phenoxy) is 1. The lowest BCUT2D eigenvalue weighted by atomic mass is 9.76. The van der Waals surface area contributed by atoms with Gasteiger partial charge in [-0.15, -0.1) is 0 Å². The van der Waals surface area contributed by atoms with Crippen LogP contribution in [0.2, 0.25) is 0 Å². The van der Waals surface area contributed by atoms with E-state index in [9.17, 15) is 9.59 Å². The summed E-state index contributed by atoms with van der Waals surface area (Å²) in [5.41, 5.74) is 0. The molecule has 0 amide bonds. The van der Waals surface area contributed by atoms with Crippen LogP contribution in [0, 0.1) is 11.8 Å². The minimum atomic E-state index is -0.0921. The summed E-state index contributed by atoms with van der Waals surface area (Å²) < 4.78 is 5.12. The molecule has 0 aromatic carbocycles. The smallest absolute Gasteiger partial charge is 0.309 e. The summed E-state index contributed by atoms with van der Waals surface area (Å²) in [6, 6.07) is 0. The highest BCUT2D eigenvalue weighted by molar-refractivity contribution is 5.83. The van der Waals surface area contributed by atoms with E-state index in [1.807, 2.05) is 6.92 Å². The summed E-state index contributed by atoms with van der Waals surface area (Å²) in [7, 11) is 0. The molecular formula is C15H26O3. The fraction of sp³-hybridized carbons (Fsp3) is 0.867. The second kappa shape index (κ2) is 8.28. The van der Waals surface area contributed by atoms with Gasteiger partial charge in [-0.05, 0) is 25.7 Å². The van der Waals surface area contributed by atoms with Crippen molar-refractivity contribution in [3.63, 3.8) is 0 Å². The zero-order valence-electron chi connectivity index (χ0n) is 11.7. The van der Waals surface area contributed by atoms with Gasteiger partial charge in [-0.25, -0.2) is 0 Å². The van der Waals surface area contributed by atoms with Gasteiger partial charge in [0.05, 0.1) is 12.5 Å². The Morgan fingerprint density at radius 2 is 2.06 bits per heavy atom. The van der Waals surface area contributed by atoms with Crippen LogP contribution in [-0.4, -0.2) is 18.4 Å². The zero-order chi connectivity index (χ0) is 13.4. The number of rotatable bonds is 7. The average molecular weight is 254 g/mol. The van der Waals surface area contributed by atoms with Crippen molar-refractivity contribution in [3.8, 4) is 0 Å². The Balaban J connectivity index is 2.45. The van der Waals surface area contributed by atoms with Crippen molar-refractivity contribution in [1.29, 1.82) is 0 Å². The highest BCUT2D eigenvalue weighted by Gasteiger charge is 2.34. The molecule has 1 saturated carbocycles. The van der Waals surface area contributed by atoms with Crippen LogP contribution in [0.15, 0.2) is 0 Å². The van der Waals surface area contributed by atoms with Crippen molar-refractivity contribution in [2.45, 2.75) is 65.2 Å². The molecule has 0 aromatic heterocycles. The van der Waals surface area contributed by atoms with Gasteiger partial charge in [-0.3, -0.25) is 9.59 Å². The van der Waals surface area contributed by atoms with Gasteiger partial charge in [0.15, 0.2) is 0 Å². The Labute approximate surface area is 110 Å². The molecule has 1 fully saturated rings. The quantitative estimate of drug-likeness (QED) is 0.516. The Morgan fingerprint density at radius 3 is 2.72 bits per heavy atom. The van der Waals surface area contributed by atoms with Gasteiger partial charge < -0.3 is 4.74 Å². The van der Waals surface area contributed by atoms with Crippen molar-refractivity contribution in [1.82, 2.24) is 0 Å². The Hall–Kier alpha value is -0.860. The number of ketones is 1. The summed E-state index contributed by atoms with van der Waals surface area (Å²) in [5, 5.41) is 0. The molecule has 1 aliphatic rings. The molecule has 0 spiro atoms. The molecule has 1 rings (SSSR count). The van der Waals surface area contributed by atoms with Crippen LogP contribution in [-0.2, 0) is 14.3 Å². The summed E-state index contributed by atoms with van der Waals surface area (Å²) in [4.78, 5) is 23.4. The number of carbonyl (C=O) groups is 2. The number of hydrogen-bond acceptors (Lipinski definition) is 3. The van der Waals surface area contributed by atoms with E-state index < -0.39 is 0 Å². The van der Waals surface area contributed by atoms with Gasteiger partial charge in [0.2, 0.25) is 0 Å². The molecule has 2 unspecified atom stereocenters. The molecule has 104 valence electrons. The standard InChI is InChI=1S/C15H26O3/c1-3-5-6-7-8-12-11-13(16)9-10-14(12)15(17)18-4-2/h12,14H,3-11H2,1-2H3. The number of Topliss-reactive ketones (excluding diaryl/α,β-unsaturated/α-hetero) is 1. The maximum Gasteiger partial charge on any atom is 0.309 e. The van der Waals surface area contributed by atoms with E-state index in [4.69, 9.17) is 4.74 Å². The van der Waals surface area contributed by atoms with E-state index in [-0.39, 0.29) is 17.8 Å². The lowest BCUT2D eigenvalue weighted by Gasteiger charge is -2.29. The molecule has 0 aliphatic heterocycles. The van der Waals surface area contributed by atoms with E-state index in [0.29, 0.717) is 31.7 Å². The van der Waals surface area contributed by atoms with Crippen molar-refractivity contribution in [3.05, 3.63) is 0 Å². The van der Waals surface area contributed by atoms with Crippen LogP contribution in [0.4, 0.5) is 0 Å². The van der Waals surface area contributed by atoms with Gasteiger partial charge >= 0.3 is 5.97 Å². The molecule has 0 saturated heterocycles. The Morgan fingerprint density at radius 1 is 1.28 bits per heavy atom. The first kappa shape index (κ1) is 15.2. The highest BCUT2D eigenvalue weighted by Crippen LogP contribution is 2.33. The van der Waals surface area contributed by atoms with Gasteiger partial charge in [-0.1, -0.05) is 32.6 Å². The number of esters is 1. The summed E-state index contributed by atoms with van der Waals surface area (Å²) >= 11 is 0. The van der Waals surface area contributed by atoms with E-state index in [1.165, 1.54) is 19.3 Å². The van der Waals surface area contributed by atoms with E-state index >= 15 is 0 Å². The van der Waals surface area contributed by atoms with Crippen LogP contribution in [0.3, 0.4) is 0 Å². The molecule has 0 aromatic rings. The van der Waals surface area contributed by atoms with Crippen LogP contribution in [0.1, 0.15) is 65.2 Å². The second-order valence-electron chi connectivity index (χ2n) is 5.25. The van der Waals surface area contributed by atoms with E-state index in [0.717, 1.165) is 12.8 Å². The molecule has 2 atom stereocenters. The first-order chi connectivity index (χ1) is 8.69. The maximum atomic E-state index is 11.9. The van der Waals surface area contributed by atoms with Gasteiger partial charge in [-0.2, -0.15) is 0 Å². The molecule has 18 heavy (non-hydrogen) atoms. The van der Waals surface area contributed by atoms with Crippen LogP contribution in [0.25, 0.3) is 0 Å². The van der Waals surface area contributed by atoms with Crippen LogP contribution >= 0.6 is 0 Å². The average Bonchev–Trinajstić information content (AvgIpc) is 2.35. The molecule has 0 heterocycles. The predicted octanol–water partition coefficient (Wildman–Crippen LogP) is 3.51. The Kier molecular flexibility index (Phi) is 6.99. The van der Waals surface area contributed by atoms with Crippen molar-refractivity contribution >= 4 is 11.8 Å². The molecule has 0 N–H and O–H groups in total. The molecule has 3 heteroatoms. The normalized spacial score (nSPS) is 24.0. The van der Waals surface area contributed by atoms with E-state index in [2.05, 4.69) is 6.92 Å².